The van der Waals surface area contributed by atoms with Crippen LogP contribution in [0, 0.1) is 6.92 Å². The Bertz CT molecular complexity index is 1590. The molecule has 1 aliphatic carbocycles. The lowest BCUT2D eigenvalue weighted by atomic mass is 9.92. The van der Waals surface area contributed by atoms with Crippen molar-refractivity contribution < 1.29 is 14.4 Å². The van der Waals surface area contributed by atoms with Gasteiger partial charge in [0.2, 0.25) is 0 Å². The molecule has 182 valence electrons. The van der Waals surface area contributed by atoms with E-state index in [0.29, 0.717) is 18.6 Å². The number of aromatic nitrogens is 2. The number of anilines is 2. The lowest BCUT2D eigenvalue weighted by molar-refractivity contribution is -0.140. The largest absolute Gasteiger partial charge is 0.481 e. The van der Waals surface area contributed by atoms with E-state index in [9.17, 15) is 9.90 Å². The first-order chi connectivity index (χ1) is 18.0. The number of hydrogen-bond acceptors (Lipinski definition) is 5. The number of carboxylic acid groups (broad SMARTS) is 1. The van der Waals surface area contributed by atoms with Crippen molar-refractivity contribution in [1.29, 1.82) is 0 Å². The van der Waals surface area contributed by atoms with Gasteiger partial charge in [-0.2, -0.15) is 0 Å². The third-order valence-electron chi connectivity index (χ3n) is 7.06. The molecule has 1 saturated carbocycles. The van der Waals surface area contributed by atoms with Gasteiger partial charge in [0, 0.05) is 17.3 Å². The molecule has 0 unspecified atom stereocenters. The molecule has 2 N–H and O–H groups in total. The third-order valence-corrected chi connectivity index (χ3v) is 7.06. The summed E-state index contributed by atoms with van der Waals surface area (Å²) in [6, 6.07) is 28.0. The zero-order chi connectivity index (χ0) is 25.4. The smallest absolute Gasteiger partial charge is 0.314 e. The van der Waals surface area contributed by atoms with Gasteiger partial charge in [-0.1, -0.05) is 84.0 Å². The van der Waals surface area contributed by atoms with E-state index in [1.165, 1.54) is 0 Å². The molecular formula is C31H25N3O3. The Morgan fingerprint density at radius 2 is 1.57 bits per heavy atom. The van der Waals surface area contributed by atoms with E-state index in [1.54, 1.807) is 6.20 Å². The van der Waals surface area contributed by atoms with Gasteiger partial charge in [-0.05, 0) is 48.1 Å². The molecule has 2 aromatic heterocycles. The normalized spacial score (nSPS) is 13.8. The summed E-state index contributed by atoms with van der Waals surface area (Å²) in [5, 5.41) is 17.4. The quantitative estimate of drug-likeness (QED) is 0.252. The summed E-state index contributed by atoms with van der Waals surface area (Å²) in [6.45, 7) is 1.90. The summed E-state index contributed by atoms with van der Waals surface area (Å²) in [6.07, 6.45) is 5.00. The van der Waals surface area contributed by atoms with E-state index < -0.39 is 11.4 Å². The van der Waals surface area contributed by atoms with Gasteiger partial charge in [0.15, 0.2) is 5.76 Å². The van der Waals surface area contributed by atoms with E-state index in [4.69, 9.17) is 4.52 Å². The Morgan fingerprint density at radius 3 is 2.27 bits per heavy atom. The Hall–Kier alpha value is -4.71. The maximum absolute atomic E-state index is 11.7. The summed E-state index contributed by atoms with van der Waals surface area (Å²) < 4.78 is 5.84. The van der Waals surface area contributed by atoms with E-state index >= 15 is 0 Å². The van der Waals surface area contributed by atoms with Crippen LogP contribution >= 0.6 is 0 Å². The van der Waals surface area contributed by atoms with Gasteiger partial charge in [0.1, 0.15) is 11.4 Å². The molecular weight excluding hydrogens is 462 g/mol. The van der Waals surface area contributed by atoms with Crippen molar-refractivity contribution in [3.05, 3.63) is 109 Å². The molecule has 0 atom stereocenters. The van der Waals surface area contributed by atoms with Gasteiger partial charge >= 0.3 is 5.97 Å². The number of carboxylic acids is 1. The molecule has 6 nitrogen and oxygen atoms in total. The molecule has 0 aliphatic heterocycles. The number of nitrogens with zero attached hydrogens (tertiary/aromatic N) is 2. The lowest BCUT2D eigenvalue weighted by Gasteiger charge is -2.13. The minimum Gasteiger partial charge on any atom is -0.481 e. The van der Waals surface area contributed by atoms with Crippen LogP contribution in [-0.2, 0) is 10.2 Å². The van der Waals surface area contributed by atoms with Gasteiger partial charge in [-0.15, -0.1) is 0 Å². The van der Waals surface area contributed by atoms with Crippen LogP contribution in [0.1, 0.15) is 24.1 Å². The number of aryl methyl sites for hydroxylation is 1. The summed E-state index contributed by atoms with van der Waals surface area (Å²) in [5.74, 6) is -0.120. The fourth-order valence-electron chi connectivity index (χ4n) is 4.79. The first-order valence-corrected chi connectivity index (χ1v) is 12.2. The fourth-order valence-corrected chi connectivity index (χ4v) is 4.79. The van der Waals surface area contributed by atoms with Crippen molar-refractivity contribution in [2.45, 2.75) is 25.2 Å². The number of hydrogen-bond donors (Lipinski definition) is 2. The van der Waals surface area contributed by atoms with Gasteiger partial charge in [0.25, 0.3) is 0 Å². The average Bonchev–Trinajstić information content (AvgIpc) is 3.69. The molecule has 0 amide bonds. The number of aliphatic carboxylic acids is 1. The molecule has 0 saturated heterocycles. The molecule has 6 heteroatoms. The maximum atomic E-state index is 11.7. The highest BCUT2D eigenvalue weighted by Gasteiger charge is 2.51. The molecule has 0 bridgehead atoms. The molecule has 5 aromatic rings. The predicted octanol–water partition coefficient (Wildman–Crippen LogP) is 7.24. The zero-order valence-electron chi connectivity index (χ0n) is 20.3. The van der Waals surface area contributed by atoms with Crippen molar-refractivity contribution in [2.24, 2.45) is 0 Å². The highest BCUT2D eigenvalue weighted by molar-refractivity contribution is 5.89. The Labute approximate surface area is 214 Å². The van der Waals surface area contributed by atoms with Crippen LogP contribution in [-0.4, -0.2) is 21.2 Å². The molecule has 2 heterocycles. The van der Waals surface area contributed by atoms with Crippen LogP contribution in [0.25, 0.3) is 33.6 Å². The minimum atomic E-state index is -0.751. The summed E-state index contributed by atoms with van der Waals surface area (Å²) >= 11 is 0. The summed E-state index contributed by atoms with van der Waals surface area (Å²) in [7, 11) is 0. The predicted molar refractivity (Wildman–Crippen MR) is 144 cm³/mol. The second-order valence-corrected chi connectivity index (χ2v) is 9.44. The van der Waals surface area contributed by atoms with Crippen LogP contribution in [0.4, 0.5) is 11.4 Å². The number of rotatable bonds is 7. The van der Waals surface area contributed by atoms with Crippen molar-refractivity contribution in [3.63, 3.8) is 0 Å². The molecule has 0 spiro atoms. The van der Waals surface area contributed by atoms with Crippen molar-refractivity contribution >= 4 is 17.3 Å². The monoisotopic (exact) mass is 487 g/mol. The Morgan fingerprint density at radius 1 is 0.865 bits per heavy atom. The molecule has 6 rings (SSSR count). The molecule has 1 fully saturated rings. The van der Waals surface area contributed by atoms with Crippen molar-refractivity contribution in [1.82, 2.24) is 10.1 Å². The van der Waals surface area contributed by atoms with Gasteiger partial charge in [-0.3, -0.25) is 9.78 Å². The number of carbonyl (C=O) groups is 1. The van der Waals surface area contributed by atoms with Crippen LogP contribution in [0.2, 0.25) is 0 Å². The topological polar surface area (TPSA) is 88.2 Å². The van der Waals surface area contributed by atoms with Crippen molar-refractivity contribution in [2.75, 3.05) is 5.32 Å². The minimum absolute atomic E-state index is 0.631. The van der Waals surface area contributed by atoms with Gasteiger partial charge in [0.05, 0.1) is 17.3 Å². The SMILES string of the molecule is Cc1noc(-c2ccccc2-c2ccc(C3(C(=O)O)CC3)cc2)c1Nc1cncc(-c2ccccc2)c1. The summed E-state index contributed by atoms with van der Waals surface area (Å²) in [5.41, 5.74) is 7.43. The third kappa shape index (κ3) is 4.16. The average molecular weight is 488 g/mol. The van der Waals surface area contributed by atoms with E-state index in [2.05, 4.69) is 33.7 Å². The van der Waals surface area contributed by atoms with E-state index in [-0.39, 0.29) is 0 Å². The Balaban J connectivity index is 1.35. The molecule has 1 aliphatic rings. The first-order valence-electron chi connectivity index (χ1n) is 12.2. The fraction of sp³-hybridized carbons (Fsp3) is 0.129. The number of benzene rings is 3. The summed E-state index contributed by atoms with van der Waals surface area (Å²) in [4.78, 5) is 16.2. The molecule has 3 aromatic carbocycles. The van der Waals surface area contributed by atoms with Crippen molar-refractivity contribution in [3.8, 4) is 33.6 Å². The standard InChI is InChI=1S/C31H25N3O3/c1-20-28(33-25-17-23(18-32-19-25)21-7-3-2-4-8-21)29(37-34-20)27-10-6-5-9-26(27)22-11-13-24(14-12-22)31(15-16-31)30(35)36/h2-14,17-19,33H,15-16H2,1H3,(H,35,36). The second kappa shape index (κ2) is 9.06. The number of nitrogens with one attached hydrogen (secondary N) is 1. The zero-order valence-corrected chi connectivity index (χ0v) is 20.3. The van der Waals surface area contributed by atoms with E-state index in [0.717, 1.165) is 50.4 Å². The first kappa shape index (κ1) is 22.7. The maximum Gasteiger partial charge on any atom is 0.314 e. The second-order valence-electron chi connectivity index (χ2n) is 9.44. The van der Waals surface area contributed by atoms with E-state index in [1.807, 2.05) is 79.9 Å². The highest BCUT2D eigenvalue weighted by atomic mass is 16.5. The van der Waals surface area contributed by atoms with Crippen LogP contribution in [0.5, 0.6) is 0 Å². The van der Waals surface area contributed by atoms with Gasteiger partial charge in [-0.25, -0.2) is 0 Å². The Kier molecular flexibility index (Phi) is 5.57. The van der Waals surface area contributed by atoms with Crippen LogP contribution in [0.3, 0.4) is 0 Å². The number of pyridine rings is 1. The van der Waals surface area contributed by atoms with Crippen LogP contribution in [0.15, 0.2) is 102 Å². The van der Waals surface area contributed by atoms with Crippen LogP contribution < -0.4 is 5.32 Å². The van der Waals surface area contributed by atoms with Gasteiger partial charge < -0.3 is 14.9 Å². The molecule has 37 heavy (non-hydrogen) atoms. The highest BCUT2D eigenvalue weighted by Crippen LogP contribution is 2.49. The lowest BCUT2D eigenvalue weighted by Crippen LogP contribution is -2.19. The molecule has 0 radical (unpaired) electrons.